The SMILES string of the molecule is O=C(Nc1nnc2ccccn12)c1csc2ccccc12. The molecule has 1 aromatic carbocycles. The van der Waals surface area contributed by atoms with E-state index in [1.165, 1.54) is 0 Å². The number of aromatic nitrogens is 3. The van der Waals surface area contributed by atoms with Crippen LogP contribution in [-0.4, -0.2) is 20.5 Å². The molecule has 21 heavy (non-hydrogen) atoms. The Bertz CT molecular complexity index is 956. The van der Waals surface area contributed by atoms with E-state index in [2.05, 4.69) is 15.5 Å². The van der Waals surface area contributed by atoms with Gasteiger partial charge in [0.05, 0.1) is 5.56 Å². The molecule has 0 atom stereocenters. The maximum absolute atomic E-state index is 12.4. The fourth-order valence-electron chi connectivity index (χ4n) is 2.25. The Morgan fingerprint density at radius 3 is 2.90 bits per heavy atom. The van der Waals surface area contributed by atoms with Gasteiger partial charge in [-0.05, 0) is 18.2 Å². The second kappa shape index (κ2) is 4.68. The van der Waals surface area contributed by atoms with Crippen LogP contribution in [0.15, 0.2) is 54.0 Å². The second-order valence-electron chi connectivity index (χ2n) is 4.55. The highest BCUT2D eigenvalue weighted by molar-refractivity contribution is 7.17. The predicted molar refractivity (Wildman–Crippen MR) is 82.8 cm³/mol. The highest BCUT2D eigenvalue weighted by atomic mass is 32.1. The minimum absolute atomic E-state index is 0.175. The van der Waals surface area contributed by atoms with E-state index in [0.717, 1.165) is 10.1 Å². The van der Waals surface area contributed by atoms with Gasteiger partial charge in [0.2, 0.25) is 5.95 Å². The van der Waals surface area contributed by atoms with Gasteiger partial charge in [0.15, 0.2) is 5.65 Å². The van der Waals surface area contributed by atoms with Crippen LogP contribution in [0, 0.1) is 0 Å². The molecule has 0 spiro atoms. The first kappa shape index (κ1) is 12.0. The van der Waals surface area contributed by atoms with Gasteiger partial charge in [-0.1, -0.05) is 24.3 Å². The zero-order chi connectivity index (χ0) is 14.2. The standard InChI is InChI=1S/C15H10N4OS/c20-14(11-9-21-12-6-2-1-5-10(11)12)16-15-18-17-13-7-3-4-8-19(13)15/h1-9H,(H,16,18,20). The average Bonchev–Trinajstić information content (AvgIpc) is 3.12. The molecule has 0 radical (unpaired) electrons. The number of hydrogen-bond donors (Lipinski definition) is 1. The van der Waals surface area contributed by atoms with Crippen LogP contribution in [0.1, 0.15) is 10.4 Å². The van der Waals surface area contributed by atoms with Gasteiger partial charge in [-0.3, -0.25) is 14.5 Å². The van der Waals surface area contributed by atoms with Gasteiger partial charge < -0.3 is 0 Å². The monoisotopic (exact) mass is 294 g/mol. The van der Waals surface area contributed by atoms with E-state index in [1.54, 1.807) is 15.7 Å². The van der Waals surface area contributed by atoms with Crippen molar-refractivity contribution in [3.8, 4) is 0 Å². The first-order chi connectivity index (χ1) is 10.3. The van der Waals surface area contributed by atoms with Gasteiger partial charge in [-0.2, -0.15) is 0 Å². The summed E-state index contributed by atoms with van der Waals surface area (Å²) in [6.45, 7) is 0. The fraction of sp³-hybridized carbons (Fsp3) is 0. The molecular formula is C15H10N4OS. The quantitative estimate of drug-likeness (QED) is 0.617. The van der Waals surface area contributed by atoms with Crippen LogP contribution in [0.25, 0.3) is 15.7 Å². The summed E-state index contributed by atoms with van der Waals surface area (Å²) in [5, 5.41) is 13.7. The number of thiophene rings is 1. The normalized spacial score (nSPS) is 11.0. The van der Waals surface area contributed by atoms with E-state index < -0.39 is 0 Å². The van der Waals surface area contributed by atoms with Crippen LogP contribution in [0.5, 0.6) is 0 Å². The lowest BCUT2D eigenvalue weighted by Crippen LogP contribution is -2.13. The molecule has 1 amide bonds. The first-order valence-electron chi connectivity index (χ1n) is 6.40. The summed E-state index contributed by atoms with van der Waals surface area (Å²) in [6.07, 6.45) is 1.82. The van der Waals surface area contributed by atoms with E-state index in [-0.39, 0.29) is 5.91 Å². The molecule has 0 aliphatic heterocycles. The third kappa shape index (κ3) is 1.96. The summed E-state index contributed by atoms with van der Waals surface area (Å²) in [5.74, 6) is 0.247. The van der Waals surface area contributed by atoms with E-state index in [1.807, 2.05) is 54.0 Å². The topological polar surface area (TPSA) is 59.3 Å². The summed E-state index contributed by atoms with van der Waals surface area (Å²) < 4.78 is 2.83. The molecule has 0 saturated heterocycles. The zero-order valence-corrected chi connectivity index (χ0v) is 11.7. The zero-order valence-electron chi connectivity index (χ0n) is 10.9. The van der Waals surface area contributed by atoms with Gasteiger partial charge >= 0.3 is 0 Å². The van der Waals surface area contributed by atoms with Crippen LogP contribution >= 0.6 is 11.3 Å². The molecule has 4 rings (SSSR count). The van der Waals surface area contributed by atoms with Crippen molar-refractivity contribution in [2.45, 2.75) is 0 Å². The number of hydrogen-bond acceptors (Lipinski definition) is 4. The molecule has 3 aromatic heterocycles. The van der Waals surface area contributed by atoms with E-state index in [0.29, 0.717) is 17.2 Å². The Labute approximate surface area is 123 Å². The van der Waals surface area contributed by atoms with Crippen molar-refractivity contribution in [1.82, 2.24) is 14.6 Å². The lowest BCUT2D eigenvalue weighted by atomic mass is 10.2. The first-order valence-corrected chi connectivity index (χ1v) is 7.28. The second-order valence-corrected chi connectivity index (χ2v) is 5.46. The molecule has 3 heterocycles. The largest absolute Gasteiger partial charge is 0.290 e. The van der Waals surface area contributed by atoms with E-state index in [4.69, 9.17) is 0 Å². The number of nitrogens with zero attached hydrogens (tertiary/aromatic N) is 3. The van der Waals surface area contributed by atoms with Crippen LogP contribution in [0.2, 0.25) is 0 Å². The molecule has 102 valence electrons. The van der Waals surface area contributed by atoms with Crippen molar-refractivity contribution >= 4 is 38.9 Å². The number of rotatable bonds is 2. The number of amides is 1. The number of benzene rings is 1. The fourth-order valence-corrected chi connectivity index (χ4v) is 3.19. The molecule has 0 aliphatic rings. The summed E-state index contributed by atoms with van der Waals surface area (Å²) in [5.41, 5.74) is 1.35. The number of pyridine rings is 1. The van der Waals surface area contributed by atoms with Gasteiger partial charge in [0, 0.05) is 21.7 Å². The highest BCUT2D eigenvalue weighted by Crippen LogP contribution is 2.26. The Kier molecular flexibility index (Phi) is 2.68. The molecule has 4 aromatic rings. The van der Waals surface area contributed by atoms with Crippen molar-refractivity contribution in [2.75, 3.05) is 5.32 Å². The number of carbonyl (C=O) groups is 1. The van der Waals surface area contributed by atoms with Crippen LogP contribution < -0.4 is 5.32 Å². The summed E-state index contributed by atoms with van der Waals surface area (Å²) >= 11 is 1.55. The van der Waals surface area contributed by atoms with Gasteiger partial charge in [-0.15, -0.1) is 21.5 Å². The van der Waals surface area contributed by atoms with E-state index in [9.17, 15) is 4.79 Å². The molecule has 0 bridgehead atoms. The number of nitrogens with one attached hydrogen (secondary N) is 1. The van der Waals surface area contributed by atoms with Crippen molar-refractivity contribution in [1.29, 1.82) is 0 Å². The molecule has 6 heteroatoms. The molecule has 0 unspecified atom stereocenters. The maximum Gasteiger partial charge on any atom is 0.259 e. The van der Waals surface area contributed by atoms with Crippen LogP contribution in [0.3, 0.4) is 0 Å². The summed E-state index contributed by atoms with van der Waals surface area (Å²) in [4.78, 5) is 12.4. The Morgan fingerprint density at radius 2 is 1.95 bits per heavy atom. The van der Waals surface area contributed by atoms with Crippen LogP contribution in [0.4, 0.5) is 5.95 Å². The molecule has 5 nitrogen and oxygen atoms in total. The lowest BCUT2D eigenvalue weighted by Gasteiger charge is -2.02. The van der Waals surface area contributed by atoms with Crippen molar-refractivity contribution in [2.24, 2.45) is 0 Å². The number of carbonyl (C=O) groups excluding carboxylic acids is 1. The molecule has 1 N–H and O–H groups in total. The van der Waals surface area contributed by atoms with Gasteiger partial charge in [-0.25, -0.2) is 0 Å². The van der Waals surface area contributed by atoms with Crippen LogP contribution in [-0.2, 0) is 0 Å². The Balaban J connectivity index is 1.72. The van der Waals surface area contributed by atoms with E-state index >= 15 is 0 Å². The number of anilines is 1. The maximum atomic E-state index is 12.4. The van der Waals surface area contributed by atoms with Crippen molar-refractivity contribution in [3.63, 3.8) is 0 Å². The predicted octanol–water partition coefficient (Wildman–Crippen LogP) is 3.20. The lowest BCUT2D eigenvalue weighted by molar-refractivity contribution is 0.102. The minimum Gasteiger partial charge on any atom is -0.290 e. The molecule has 0 saturated carbocycles. The minimum atomic E-state index is -0.175. The van der Waals surface area contributed by atoms with Gasteiger partial charge in [0.1, 0.15) is 0 Å². The Hall–Kier alpha value is -2.73. The molecule has 0 aliphatic carbocycles. The third-order valence-electron chi connectivity index (χ3n) is 3.26. The Morgan fingerprint density at radius 1 is 1.10 bits per heavy atom. The third-order valence-corrected chi connectivity index (χ3v) is 4.23. The smallest absolute Gasteiger partial charge is 0.259 e. The highest BCUT2D eigenvalue weighted by Gasteiger charge is 2.14. The average molecular weight is 294 g/mol. The summed E-state index contributed by atoms with van der Waals surface area (Å²) in [6, 6.07) is 13.4. The molecule has 0 fully saturated rings. The summed E-state index contributed by atoms with van der Waals surface area (Å²) in [7, 11) is 0. The van der Waals surface area contributed by atoms with Gasteiger partial charge in [0.25, 0.3) is 5.91 Å². The van der Waals surface area contributed by atoms with Crippen molar-refractivity contribution in [3.05, 3.63) is 59.6 Å². The molecular weight excluding hydrogens is 284 g/mol. The van der Waals surface area contributed by atoms with Crippen molar-refractivity contribution < 1.29 is 4.79 Å². The number of fused-ring (bicyclic) bond motifs is 2.